The Kier molecular flexibility index (Phi) is 3.59. The molecule has 2 heteroatoms. The van der Waals surface area contributed by atoms with Crippen LogP contribution in [-0.2, 0) is 11.0 Å². The highest BCUT2D eigenvalue weighted by molar-refractivity contribution is 5.97. The summed E-state index contributed by atoms with van der Waals surface area (Å²) in [7, 11) is 0.778. The summed E-state index contributed by atoms with van der Waals surface area (Å²) in [6.45, 7) is 2.54. The summed E-state index contributed by atoms with van der Waals surface area (Å²) in [6.07, 6.45) is 0. The first-order valence-corrected chi connectivity index (χ1v) is 4.69. The molecule has 0 spiro atoms. The molecule has 0 radical (unpaired) electrons. The predicted octanol–water partition coefficient (Wildman–Crippen LogP) is 0.855. The lowest BCUT2D eigenvalue weighted by molar-refractivity contribution is 0.338. The second-order valence-electron chi connectivity index (χ2n) is 2.47. The van der Waals surface area contributed by atoms with Crippen LogP contribution in [0.3, 0.4) is 0 Å². The highest BCUT2D eigenvalue weighted by atomic mass is 28.2. The van der Waals surface area contributed by atoms with E-state index in [1.807, 2.05) is 25.1 Å². The fourth-order valence-corrected chi connectivity index (χ4v) is 1.37. The molecular formula is C10H12OSi. The highest BCUT2D eigenvalue weighted by Gasteiger charge is 1.95. The van der Waals surface area contributed by atoms with Crippen molar-refractivity contribution in [1.29, 1.82) is 0 Å². The summed E-state index contributed by atoms with van der Waals surface area (Å²) in [5.74, 6) is 5.93. The molecule has 1 aromatic rings. The van der Waals surface area contributed by atoms with Gasteiger partial charge in [0.25, 0.3) is 0 Å². The van der Waals surface area contributed by atoms with Crippen LogP contribution in [0.15, 0.2) is 24.3 Å². The minimum absolute atomic E-state index is 0.692. The second-order valence-corrected chi connectivity index (χ2v) is 3.04. The van der Waals surface area contributed by atoms with Crippen LogP contribution in [0.2, 0.25) is 0 Å². The van der Waals surface area contributed by atoms with Crippen molar-refractivity contribution >= 4 is 10.5 Å². The van der Waals surface area contributed by atoms with Gasteiger partial charge >= 0.3 is 0 Å². The van der Waals surface area contributed by atoms with E-state index >= 15 is 0 Å². The molecule has 0 heterocycles. The van der Waals surface area contributed by atoms with Crippen LogP contribution < -0.4 is 0 Å². The molecule has 0 fully saturated rings. The summed E-state index contributed by atoms with van der Waals surface area (Å²) in [5, 5.41) is 0. The maximum absolute atomic E-state index is 5.19. The van der Waals surface area contributed by atoms with Crippen molar-refractivity contribution in [2.75, 3.05) is 0 Å². The van der Waals surface area contributed by atoms with E-state index in [1.54, 1.807) is 0 Å². The first-order chi connectivity index (χ1) is 5.88. The highest BCUT2D eigenvalue weighted by Crippen LogP contribution is 2.07. The van der Waals surface area contributed by atoms with Gasteiger partial charge in [-0.25, -0.2) is 0 Å². The zero-order valence-electron chi connectivity index (χ0n) is 7.42. The Hall–Kier alpha value is -1.04. The van der Waals surface area contributed by atoms with Gasteiger partial charge in [-0.2, -0.15) is 0 Å². The van der Waals surface area contributed by atoms with E-state index in [-0.39, 0.29) is 0 Å². The van der Waals surface area contributed by atoms with Crippen molar-refractivity contribution in [3.8, 4) is 11.8 Å². The fourth-order valence-electron chi connectivity index (χ4n) is 1.06. The van der Waals surface area contributed by atoms with Crippen LogP contribution in [0.1, 0.15) is 18.1 Å². The maximum atomic E-state index is 5.19. The van der Waals surface area contributed by atoms with Gasteiger partial charge in [-0.05, 0) is 18.6 Å². The lowest BCUT2D eigenvalue weighted by Gasteiger charge is -2.01. The topological polar surface area (TPSA) is 9.23 Å². The van der Waals surface area contributed by atoms with Crippen molar-refractivity contribution in [2.45, 2.75) is 13.5 Å². The molecule has 0 aliphatic carbocycles. The molecule has 0 unspecified atom stereocenters. The van der Waals surface area contributed by atoms with Crippen LogP contribution >= 0.6 is 0 Å². The van der Waals surface area contributed by atoms with Gasteiger partial charge in [-0.1, -0.05) is 24.1 Å². The molecule has 0 N–H and O–H groups in total. The standard InChI is InChI=1S/C10H12OSi/c1-2-5-9-6-3-4-7-10(9)8-11-12/h3-4,6-7H,8H2,1,12H3. The SMILES string of the molecule is CC#Cc1ccccc1CO[SiH3]. The van der Waals surface area contributed by atoms with Crippen molar-refractivity contribution in [1.82, 2.24) is 0 Å². The molecule has 0 aromatic heterocycles. The van der Waals surface area contributed by atoms with Crippen LogP contribution in [0.5, 0.6) is 0 Å². The summed E-state index contributed by atoms with van der Waals surface area (Å²) >= 11 is 0. The predicted molar refractivity (Wildman–Crippen MR) is 53.7 cm³/mol. The number of hydrogen-bond acceptors (Lipinski definition) is 1. The zero-order chi connectivity index (χ0) is 8.81. The first-order valence-electron chi connectivity index (χ1n) is 3.88. The van der Waals surface area contributed by atoms with Crippen LogP contribution in [0.25, 0.3) is 0 Å². The molecule has 0 atom stereocenters. The lowest BCUT2D eigenvalue weighted by atomic mass is 10.1. The van der Waals surface area contributed by atoms with Crippen LogP contribution in [0.4, 0.5) is 0 Å². The smallest absolute Gasteiger partial charge is 0.146 e. The average molecular weight is 176 g/mol. The summed E-state index contributed by atoms with van der Waals surface area (Å²) in [5.41, 5.74) is 2.26. The molecule has 0 saturated carbocycles. The third kappa shape index (κ3) is 2.23. The van der Waals surface area contributed by atoms with Gasteiger partial charge < -0.3 is 4.43 Å². The van der Waals surface area contributed by atoms with Crippen LogP contribution in [0, 0.1) is 11.8 Å². The van der Waals surface area contributed by atoms with E-state index in [1.165, 1.54) is 5.56 Å². The Morgan fingerprint density at radius 2 is 2.17 bits per heavy atom. The van der Waals surface area contributed by atoms with Gasteiger partial charge in [0.1, 0.15) is 10.5 Å². The van der Waals surface area contributed by atoms with E-state index in [9.17, 15) is 0 Å². The fraction of sp³-hybridized carbons (Fsp3) is 0.200. The van der Waals surface area contributed by atoms with Gasteiger partial charge in [-0.15, -0.1) is 5.92 Å². The number of rotatable bonds is 2. The molecule has 0 amide bonds. The quantitative estimate of drug-likeness (QED) is 0.479. The van der Waals surface area contributed by atoms with E-state index in [0.717, 1.165) is 16.0 Å². The lowest BCUT2D eigenvalue weighted by Crippen LogP contribution is -1.91. The van der Waals surface area contributed by atoms with Crippen molar-refractivity contribution < 1.29 is 4.43 Å². The molecule has 1 aromatic carbocycles. The number of benzene rings is 1. The normalized spacial score (nSPS) is 9.08. The monoisotopic (exact) mass is 176 g/mol. The molecule has 12 heavy (non-hydrogen) atoms. The van der Waals surface area contributed by atoms with E-state index in [2.05, 4.69) is 17.9 Å². The zero-order valence-corrected chi connectivity index (χ0v) is 9.42. The molecule has 1 rings (SSSR count). The largest absolute Gasteiger partial charge is 0.424 e. The molecule has 0 aliphatic rings. The third-order valence-electron chi connectivity index (χ3n) is 1.58. The second kappa shape index (κ2) is 4.76. The average Bonchev–Trinajstić information content (AvgIpc) is 2.09. The summed E-state index contributed by atoms with van der Waals surface area (Å²) < 4.78 is 5.19. The Labute approximate surface area is 76.3 Å². The molecule has 0 saturated heterocycles. The Balaban J connectivity index is 2.97. The molecular weight excluding hydrogens is 164 g/mol. The molecule has 62 valence electrons. The van der Waals surface area contributed by atoms with Gasteiger partial charge in [0.2, 0.25) is 0 Å². The van der Waals surface area contributed by atoms with Gasteiger partial charge in [0.15, 0.2) is 0 Å². The van der Waals surface area contributed by atoms with E-state index in [4.69, 9.17) is 4.43 Å². The number of hydrogen-bond donors (Lipinski definition) is 0. The molecule has 0 bridgehead atoms. The maximum Gasteiger partial charge on any atom is 0.146 e. The Bertz CT molecular complexity index is 309. The Morgan fingerprint density at radius 3 is 2.83 bits per heavy atom. The van der Waals surface area contributed by atoms with Crippen LogP contribution in [-0.4, -0.2) is 10.5 Å². The molecule has 1 nitrogen and oxygen atoms in total. The van der Waals surface area contributed by atoms with Crippen molar-refractivity contribution in [2.24, 2.45) is 0 Å². The van der Waals surface area contributed by atoms with Gasteiger partial charge in [0.05, 0.1) is 6.61 Å². The molecule has 0 aliphatic heterocycles. The van der Waals surface area contributed by atoms with E-state index in [0.29, 0.717) is 6.61 Å². The first kappa shape index (κ1) is 9.05. The van der Waals surface area contributed by atoms with Crippen molar-refractivity contribution in [3.05, 3.63) is 35.4 Å². The Morgan fingerprint density at radius 1 is 1.42 bits per heavy atom. The van der Waals surface area contributed by atoms with Crippen molar-refractivity contribution in [3.63, 3.8) is 0 Å². The van der Waals surface area contributed by atoms with Gasteiger partial charge in [0, 0.05) is 5.56 Å². The summed E-state index contributed by atoms with van der Waals surface area (Å²) in [6, 6.07) is 8.08. The minimum Gasteiger partial charge on any atom is -0.424 e. The third-order valence-corrected chi connectivity index (χ3v) is 1.87. The minimum atomic E-state index is 0.692. The van der Waals surface area contributed by atoms with Gasteiger partial charge in [-0.3, -0.25) is 0 Å². The van der Waals surface area contributed by atoms with E-state index < -0.39 is 0 Å². The summed E-state index contributed by atoms with van der Waals surface area (Å²) in [4.78, 5) is 0.